The Hall–Kier alpha value is -1.29. The molecule has 0 spiro atoms. The number of nitrogen functional groups attached to an aromatic ring is 1. The molecule has 1 amide bonds. The van der Waals surface area contributed by atoms with Gasteiger partial charge in [-0.3, -0.25) is 4.79 Å². The molecule has 1 aromatic rings. The first-order valence-corrected chi connectivity index (χ1v) is 8.15. The van der Waals surface area contributed by atoms with Crippen molar-refractivity contribution >= 4 is 23.3 Å². The topological polar surface area (TPSA) is 68.0 Å². The van der Waals surface area contributed by atoms with Crippen molar-refractivity contribution in [1.29, 1.82) is 0 Å². The van der Waals surface area contributed by atoms with Crippen LogP contribution in [0.3, 0.4) is 0 Å². The van der Waals surface area contributed by atoms with Crippen LogP contribution in [0.15, 0.2) is 12.1 Å². The molecular weight excluding hydrogens is 286 g/mol. The third kappa shape index (κ3) is 2.30. The number of nitrogens with zero attached hydrogens (tertiary/aromatic N) is 1. The zero-order valence-electron chi connectivity index (χ0n) is 11.9. The van der Waals surface area contributed by atoms with E-state index < -0.39 is 0 Å². The van der Waals surface area contributed by atoms with E-state index in [0.717, 1.165) is 37.0 Å². The number of pyridine rings is 1. The van der Waals surface area contributed by atoms with Gasteiger partial charge in [-0.2, -0.15) is 0 Å². The van der Waals surface area contributed by atoms with Crippen molar-refractivity contribution in [3.05, 3.63) is 22.8 Å². The molecule has 4 aliphatic rings. The number of carbonyl (C=O) groups excluding carboxylic acids is 1. The van der Waals surface area contributed by atoms with Gasteiger partial charge in [0.05, 0.1) is 5.02 Å². The van der Waals surface area contributed by atoms with E-state index in [1.54, 1.807) is 12.1 Å². The standard InChI is InChI=1S/C16H20ClN3O/c17-12-1-2-13(18)19-14(12)15(21)20-16-6-9-3-10(7-16)5-11(4-9)8-16/h1-2,9-11H,3-8H2,(H2,18,19)(H,20,21). The fourth-order valence-electron chi connectivity index (χ4n) is 5.18. The molecule has 4 saturated carbocycles. The molecule has 1 heterocycles. The molecule has 4 bridgehead atoms. The zero-order chi connectivity index (χ0) is 14.6. The number of nitrogens with one attached hydrogen (secondary N) is 1. The number of anilines is 1. The Bertz CT molecular complexity index is 566. The van der Waals surface area contributed by atoms with Crippen LogP contribution in [-0.4, -0.2) is 16.4 Å². The number of hydrogen-bond acceptors (Lipinski definition) is 3. The van der Waals surface area contributed by atoms with Gasteiger partial charge in [0, 0.05) is 5.54 Å². The molecular formula is C16H20ClN3O. The summed E-state index contributed by atoms with van der Waals surface area (Å²) in [5.41, 5.74) is 5.91. The molecule has 3 N–H and O–H groups in total. The van der Waals surface area contributed by atoms with E-state index in [2.05, 4.69) is 10.3 Å². The minimum absolute atomic E-state index is 0.0263. The highest BCUT2D eigenvalue weighted by molar-refractivity contribution is 6.33. The quantitative estimate of drug-likeness (QED) is 0.882. The first kappa shape index (κ1) is 13.4. The average molecular weight is 306 g/mol. The van der Waals surface area contributed by atoms with Gasteiger partial charge in [0.1, 0.15) is 11.5 Å². The maximum Gasteiger partial charge on any atom is 0.271 e. The summed E-state index contributed by atoms with van der Waals surface area (Å²) in [6, 6.07) is 3.25. The van der Waals surface area contributed by atoms with Crippen molar-refractivity contribution in [2.45, 2.75) is 44.1 Å². The van der Waals surface area contributed by atoms with Gasteiger partial charge in [0.2, 0.25) is 0 Å². The summed E-state index contributed by atoms with van der Waals surface area (Å²) in [6.45, 7) is 0. The first-order chi connectivity index (χ1) is 10.0. The Balaban J connectivity index is 1.58. The van der Waals surface area contributed by atoms with Crippen LogP contribution >= 0.6 is 11.6 Å². The average Bonchev–Trinajstić information content (AvgIpc) is 2.39. The fourth-order valence-corrected chi connectivity index (χ4v) is 5.37. The van der Waals surface area contributed by atoms with Crippen molar-refractivity contribution in [3.8, 4) is 0 Å². The largest absolute Gasteiger partial charge is 0.384 e. The van der Waals surface area contributed by atoms with E-state index in [1.807, 2.05) is 0 Å². The second kappa shape index (κ2) is 4.60. The summed E-state index contributed by atoms with van der Waals surface area (Å²) in [5, 5.41) is 3.63. The zero-order valence-corrected chi connectivity index (χ0v) is 12.7. The number of rotatable bonds is 2. The number of hydrogen-bond donors (Lipinski definition) is 2. The summed E-state index contributed by atoms with van der Waals surface area (Å²) < 4.78 is 0. The van der Waals surface area contributed by atoms with Crippen molar-refractivity contribution in [2.24, 2.45) is 17.8 Å². The van der Waals surface area contributed by atoms with Crippen LogP contribution in [0.25, 0.3) is 0 Å². The first-order valence-electron chi connectivity index (χ1n) is 7.77. The minimum atomic E-state index is -0.172. The Kier molecular flexibility index (Phi) is 2.93. The third-order valence-corrected chi connectivity index (χ3v) is 5.80. The summed E-state index contributed by atoms with van der Waals surface area (Å²) in [7, 11) is 0. The smallest absolute Gasteiger partial charge is 0.271 e. The molecule has 21 heavy (non-hydrogen) atoms. The summed E-state index contributed by atoms with van der Waals surface area (Å²) in [5.74, 6) is 2.53. The normalized spacial score (nSPS) is 36.7. The van der Waals surface area contributed by atoms with Gasteiger partial charge in [0.15, 0.2) is 0 Å². The monoisotopic (exact) mass is 305 g/mol. The molecule has 0 radical (unpaired) electrons. The molecule has 4 aliphatic carbocycles. The molecule has 0 saturated heterocycles. The van der Waals surface area contributed by atoms with Crippen LogP contribution in [0, 0.1) is 17.8 Å². The molecule has 1 aromatic heterocycles. The van der Waals surface area contributed by atoms with E-state index in [-0.39, 0.29) is 17.1 Å². The number of aromatic nitrogens is 1. The molecule has 5 heteroatoms. The SMILES string of the molecule is Nc1ccc(Cl)c(C(=O)NC23CC4CC(CC(C4)C2)C3)n1. The van der Waals surface area contributed by atoms with Crippen molar-refractivity contribution < 1.29 is 4.79 Å². The van der Waals surface area contributed by atoms with Gasteiger partial charge in [-0.15, -0.1) is 0 Å². The van der Waals surface area contributed by atoms with E-state index in [9.17, 15) is 4.79 Å². The van der Waals surface area contributed by atoms with Crippen LogP contribution in [0.2, 0.25) is 5.02 Å². The van der Waals surface area contributed by atoms with Crippen LogP contribution in [0.1, 0.15) is 49.0 Å². The summed E-state index contributed by atoms with van der Waals surface area (Å²) in [6.07, 6.45) is 7.41. The minimum Gasteiger partial charge on any atom is -0.384 e. The summed E-state index contributed by atoms with van der Waals surface area (Å²) >= 11 is 6.10. The van der Waals surface area contributed by atoms with Crippen LogP contribution in [0.5, 0.6) is 0 Å². The lowest BCUT2D eigenvalue weighted by Crippen LogP contribution is -2.59. The van der Waals surface area contributed by atoms with Gasteiger partial charge in [-0.1, -0.05) is 11.6 Å². The van der Waals surface area contributed by atoms with E-state index in [1.165, 1.54) is 19.3 Å². The predicted octanol–water partition coefficient (Wildman–Crippen LogP) is 3.02. The van der Waals surface area contributed by atoms with Crippen LogP contribution < -0.4 is 11.1 Å². The summed E-state index contributed by atoms with van der Waals surface area (Å²) in [4.78, 5) is 16.7. The van der Waals surface area contributed by atoms with Crippen molar-refractivity contribution in [3.63, 3.8) is 0 Å². The Morgan fingerprint density at radius 3 is 2.33 bits per heavy atom. The number of amides is 1. The highest BCUT2D eigenvalue weighted by Crippen LogP contribution is 2.55. The third-order valence-electron chi connectivity index (χ3n) is 5.50. The van der Waals surface area contributed by atoms with Gasteiger partial charge in [-0.05, 0) is 68.4 Å². The van der Waals surface area contributed by atoms with Crippen molar-refractivity contribution in [1.82, 2.24) is 10.3 Å². The second-order valence-corrected chi connectivity index (χ2v) is 7.63. The Labute approximate surface area is 129 Å². The fraction of sp³-hybridized carbons (Fsp3) is 0.625. The van der Waals surface area contributed by atoms with Gasteiger partial charge < -0.3 is 11.1 Å². The molecule has 5 rings (SSSR count). The maximum absolute atomic E-state index is 12.6. The highest BCUT2D eigenvalue weighted by Gasteiger charge is 2.51. The van der Waals surface area contributed by atoms with E-state index >= 15 is 0 Å². The Morgan fingerprint density at radius 1 is 1.19 bits per heavy atom. The lowest BCUT2D eigenvalue weighted by molar-refractivity contribution is -0.0167. The molecule has 112 valence electrons. The predicted molar refractivity (Wildman–Crippen MR) is 82.0 cm³/mol. The second-order valence-electron chi connectivity index (χ2n) is 7.22. The van der Waals surface area contributed by atoms with E-state index in [4.69, 9.17) is 17.3 Å². The molecule has 0 atom stereocenters. The highest BCUT2D eigenvalue weighted by atomic mass is 35.5. The maximum atomic E-state index is 12.6. The van der Waals surface area contributed by atoms with Gasteiger partial charge in [0.25, 0.3) is 5.91 Å². The number of carbonyl (C=O) groups is 1. The molecule has 4 fully saturated rings. The number of halogens is 1. The van der Waals surface area contributed by atoms with Crippen LogP contribution in [-0.2, 0) is 0 Å². The lowest BCUT2D eigenvalue weighted by atomic mass is 9.53. The number of nitrogens with two attached hydrogens (primary N) is 1. The Morgan fingerprint density at radius 2 is 1.76 bits per heavy atom. The van der Waals surface area contributed by atoms with Gasteiger partial charge >= 0.3 is 0 Å². The van der Waals surface area contributed by atoms with Crippen LogP contribution in [0.4, 0.5) is 5.82 Å². The molecule has 0 unspecified atom stereocenters. The lowest BCUT2D eigenvalue weighted by Gasteiger charge is -2.56. The molecule has 0 aromatic carbocycles. The van der Waals surface area contributed by atoms with E-state index in [0.29, 0.717) is 10.8 Å². The molecule has 0 aliphatic heterocycles. The van der Waals surface area contributed by atoms with Crippen molar-refractivity contribution in [2.75, 3.05) is 5.73 Å². The van der Waals surface area contributed by atoms with Gasteiger partial charge in [-0.25, -0.2) is 4.98 Å². The molecule has 4 nitrogen and oxygen atoms in total.